The van der Waals surface area contributed by atoms with Gasteiger partial charge < -0.3 is 19.9 Å². The van der Waals surface area contributed by atoms with Gasteiger partial charge in [0.1, 0.15) is 30.8 Å². The molecular formula is C19H18N2O4. The molecule has 2 N–H and O–H groups in total. The molecule has 0 fully saturated rings. The number of nitrogens with zero attached hydrogens (tertiary/aromatic N) is 1. The van der Waals surface area contributed by atoms with Crippen LogP contribution in [0.2, 0.25) is 0 Å². The van der Waals surface area contributed by atoms with Gasteiger partial charge in [0.15, 0.2) is 0 Å². The number of hydrogen-bond donors (Lipinski definition) is 2. The fourth-order valence-electron chi connectivity index (χ4n) is 2.51. The van der Waals surface area contributed by atoms with Gasteiger partial charge in [-0.25, -0.2) is 0 Å². The number of benzene rings is 2. The Hall–Kier alpha value is -3.04. The molecule has 0 saturated carbocycles. The molecule has 1 unspecified atom stereocenters. The van der Waals surface area contributed by atoms with E-state index in [-0.39, 0.29) is 19.1 Å². The van der Waals surface area contributed by atoms with Crippen LogP contribution in [0.3, 0.4) is 0 Å². The Labute approximate surface area is 145 Å². The fraction of sp³-hybridized carbons (Fsp3) is 0.263. The molecule has 1 atom stereocenters. The highest BCUT2D eigenvalue weighted by Gasteiger charge is 2.15. The summed E-state index contributed by atoms with van der Waals surface area (Å²) in [6.45, 7) is 0.189. The van der Waals surface area contributed by atoms with Crippen LogP contribution in [0.1, 0.15) is 17.5 Å². The van der Waals surface area contributed by atoms with Crippen LogP contribution in [0, 0.1) is 11.3 Å². The van der Waals surface area contributed by atoms with Crippen molar-refractivity contribution in [2.75, 3.05) is 18.5 Å². The number of carbonyl (C=O) groups is 1. The molecule has 6 nitrogen and oxygen atoms in total. The van der Waals surface area contributed by atoms with Crippen molar-refractivity contribution in [3.63, 3.8) is 0 Å². The Kier molecular flexibility index (Phi) is 5.17. The van der Waals surface area contributed by atoms with Crippen LogP contribution in [0.25, 0.3) is 0 Å². The van der Waals surface area contributed by atoms with Crippen LogP contribution < -0.4 is 14.8 Å². The number of aryl methyl sites for hydroxylation is 1. The average Bonchev–Trinajstić information content (AvgIpc) is 2.65. The summed E-state index contributed by atoms with van der Waals surface area (Å²) in [5, 5.41) is 21.5. The predicted molar refractivity (Wildman–Crippen MR) is 91.5 cm³/mol. The highest BCUT2D eigenvalue weighted by atomic mass is 16.5. The standard InChI is InChI=1S/C19H18N2O4/c20-10-13-1-4-16(5-2-13)24-11-15(22)12-25-17-6-7-18-14(9-17)3-8-19(23)21-18/h1-2,4-7,9,15,22H,3,8,11-12H2,(H,21,23). The second-order valence-corrected chi connectivity index (χ2v) is 5.78. The zero-order chi connectivity index (χ0) is 17.6. The lowest BCUT2D eigenvalue weighted by Crippen LogP contribution is -2.25. The molecule has 0 bridgehead atoms. The van der Waals surface area contributed by atoms with Crippen molar-refractivity contribution in [3.8, 4) is 17.6 Å². The predicted octanol–water partition coefficient (Wildman–Crippen LogP) is 2.26. The van der Waals surface area contributed by atoms with E-state index < -0.39 is 6.10 Å². The van der Waals surface area contributed by atoms with E-state index in [2.05, 4.69) is 5.32 Å². The minimum atomic E-state index is -0.786. The Morgan fingerprint density at radius 1 is 1.08 bits per heavy atom. The third-order valence-electron chi connectivity index (χ3n) is 3.84. The Morgan fingerprint density at radius 3 is 2.48 bits per heavy atom. The SMILES string of the molecule is N#Cc1ccc(OCC(O)COc2ccc3c(c2)CCC(=O)N3)cc1. The first-order valence-electron chi connectivity index (χ1n) is 8.00. The third kappa shape index (κ3) is 4.49. The number of aliphatic hydroxyl groups excluding tert-OH is 1. The lowest BCUT2D eigenvalue weighted by Gasteiger charge is -2.18. The number of anilines is 1. The maximum atomic E-state index is 11.3. The fourth-order valence-corrected chi connectivity index (χ4v) is 2.51. The minimum absolute atomic E-state index is 0.0246. The van der Waals surface area contributed by atoms with E-state index in [1.54, 1.807) is 36.4 Å². The number of ether oxygens (including phenoxy) is 2. The zero-order valence-electron chi connectivity index (χ0n) is 13.6. The van der Waals surface area contributed by atoms with Crippen molar-refractivity contribution < 1.29 is 19.4 Å². The first-order valence-corrected chi connectivity index (χ1v) is 8.00. The van der Waals surface area contributed by atoms with Crippen molar-refractivity contribution in [2.45, 2.75) is 18.9 Å². The number of carbonyl (C=O) groups excluding carboxylic acids is 1. The largest absolute Gasteiger partial charge is 0.491 e. The molecule has 3 rings (SSSR count). The molecule has 25 heavy (non-hydrogen) atoms. The van der Waals surface area contributed by atoms with Crippen LogP contribution in [-0.4, -0.2) is 30.3 Å². The van der Waals surface area contributed by atoms with Gasteiger partial charge in [-0.05, 0) is 54.4 Å². The smallest absolute Gasteiger partial charge is 0.224 e. The van der Waals surface area contributed by atoms with E-state index in [1.807, 2.05) is 12.1 Å². The van der Waals surface area contributed by atoms with E-state index in [1.165, 1.54) is 0 Å². The quantitative estimate of drug-likeness (QED) is 0.843. The maximum Gasteiger partial charge on any atom is 0.224 e. The molecule has 0 aliphatic carbocycles. The van der Waals surface area contributed by atoms with E-state index in [4.69, 9.17) is 14.7 Å². The summed E-state index contributed by atoms with van der Waals surface area (Å²) in [6.07, 6.45) is 0.367. The maximum absolute atomic E-state index is 11.3. The second kappa shape index (κ2) is 7.69. The Balaban J connectivity index is 1.48. The molecule has 0 spiro atoms. The number of hydrogen-bond acceptors (Lipinski definition) is 5. The van der Waals surface area contributed by atoms with Crippen LogP contribution >= 0.6 is 0 Å². The number of rotatable bonds is 6. The van der Waals surface area contributed by atoms with E-state index >= 15 is 0 Å². The Bertz CT molecular complexity index is 796. The van der Waals surface area contributed by atoms with Crippen LogP contribution in [0.15, 0.2) is 42.5 Å². The van der Waals surface area contributed by atoms with Gasteiger partial charge >= 0.3 is 0 Å². The molecule has 1 heterocycles. The summed E-state index contributed by atoms with van der Waals surface area (Å²) in [6, 6.07) is 14.2. The molecule has 1 aliphatic heterocycles. The molecule has 0 aromatic heterocycles. The van der Waals surface area contributed by atoms with E-state index in [0.717, 1.165) is 11.3 Å². The number of nitriles is 1. The van der Waals surface area contributed by atoms with Crippen LogP contribution in [0.5, 0.6) is 11.5 Å². The molecule has 0 radical (unpaired) electrons. The summed E-state index contributed by atoms with van der Waals surface area (Å²) in [5.41, 5.74) is 2.40. The van der Waals surface area contributed by atoms with Gasteiger partial charge in [0.2, 0.25) is 5.91 Å². The molecule has 1 amide bonds. The van der Waals surface area contributed by atoms with Gasteiger partial charge in [0, 0.05) is 12.1 Å². The van der Waals surface area contributed by atoms with Crippen molar-refractivity contribution in [1.29, 1.82) is 5.26 Å². The highest BCUT2D eigenvalue weighted by Crippen LogP contribution is 2.26. The second-order valence-electron chi connectivity index (χ2n) is 5.78. The molecule has 6 heteroatoms. The number of nitrogens with one attached hydrogen (secondary N) is 1. The van der Waals surface area contributed by atoms with Crippen molar-refractivity contribution in [1.82, 2.24) is 0 Å². The minimum Gasteiger partial charge on any atom is -0.491 e. The number of amides is 1. The molecule has 2 aromatic carbocycles. The summed E-state index contributed by atoms with van der Waals surface area (Å²) >= 11 is 0. The van der Waals surface area contributed by atoms with Crippen LogP contribution in [0.4, 0.5) is 5.69 Å². The summed E-state index contributed by atoms with van der Waals surface area (Å²) in [5.74, 6) is 1.26. The first-order chi connectivity index (χ1) is 12.1. The monoisotopic (exact) mass is 338 g/mol. The summed E-state index contributed by atoms with van der Waals surface area (Å²) in [4.78, 5) is 11.3. The normalized spacial score (nSPS) is 14.0. The highest BCUT2D eigenvalue weighted by molar-refractivity contribution is 5.93. The van der Waals surface area contributed by atoms with E-state index in [0.29, 0.717) is 29.9 Å². The number of fused-ring (bicyclic) bond motifs is 1. The van der Waals surface area contributed by atoms with Gasteiger partial charge in [0.05, 0.1) is 11.6 Å². The van der Waals surface area contributed by atoms with Gasteiger partial charge in [-0.2, -0.15) is 5.26 Å². The van der Waals surface area contributed by atoms with Gasteiger partial charge in [-0.1, -0.05) is 0 Å². The van der Waals surface area contributed by atoms with Gasteiger partial charge in [0.25, 0.3) is 0 Å². The van der Waals surface area contributed by atoms with Gasteiger partial charge in [-0.15, -0.1) is 0 Å². The summed E-state index contributed by atoms with van der Waals surface area (Å²) < 4.78 is 11.1. The van der Waals surface area contributed by atoms with Crippen molar-refractivity contribution in [3.05, 3.63) is 53.6 Å². The van der Waals surface area contributed by atoms with E-state index in [9.17, 15) is 9.90 Å². The topological polar surface area (TPSA) is 91.6 Å². The lowest BCUT2D eigenvalue weighted by molar-refractivity contribution is -0.116. The lowest BCUT2D eigenvalue weighted by atomic mass is 10.0. The zero-order valence-corrected chi connectivity index (χ0v) is 13.6. The molecular weight excluding hydrogens is 320 g/mol. The molecule has 2 aromatic rings. The average molecular weight is 338 g/mol. The third-order valence-corrected chi connectivity index (χ3v) is 3.84. The number of aliphatic hydroxyl groups is 1. The molecule has 0 saturated heterocycles. The van der Waals surface area contributed by atoms with Crippen molar-refractivity contribution in [2.24, 2.45) is 0 Å². The Morgan fingerprint density at radius 2 is 1.76 bits per heavy atom. The molecule has 128 valence electrons. The first kappa shape index (κ1) is 16.8. The summed E-state index contributed by atoms with van der Waals surface area (Å²) in [7, 11) is 0. The van der Waals surface area contributed by atoms with Crippen LogP contribution in [-0.2, 0) is 11.2 Å². The van der Waals surface area contributed by atoms with Gasteiger partial charge in [-0.3, -0.25) is 4.79 Å². The van der Waals surface area contributed by atoms with Crippen molar-refractivity contribution >= 4 is 11.6 Å². The molecule has 1 aliphatic rings.